The van der Waals surface area contributed by atoms with Crippen molar-refractivity contribution in [2.75, 3.05) is 10.6 Å². The predicted octanol–water partition coefficient (Wildman–Crippen LogP) is 3.41. The van der Waals surface area contributed by atoms with Crippen molar-refractivity contribution in [3.8, 4) is 6.07 Å². The minimum absolute atomic E-state index is 0.540. The van der Waals surface area contributed by atoms with Gasteiger partial charge in [-0.2, -0.15) is 10.2 Å². The van der Waals surface area contributed by atoms with Gasteiger partial charge in [-0.15, -0.1) is 0 Å². The summed E-state index contributed by atoms with van der Waals surface area (Å²) in [7, 11) is 0. The molecule has 0 amide bonds. The average Bonchev–Trinajstić information content (AvgIpc) is 2.60. The molecule has 0 unspecified atom stereocenters. The Kier molecular flexibility index (Phi) is 4.63. The maximum Gasteiger partial charge on any atom is 0.225 e. The number of nitriles is 1. The maximum absolute atomic E-state index is 8.98. The van der Waals surface area contributed by atoms with E-state index in [2.05, 4.69) is 31.7 Å². The molecular formula is C18H16N6. The normalized spacial score (nSPS) is 10.0. The van der Waals surface area contributed by atoms with Crippen molar-refractivity contribution < 1.29 is 0 Å². The van der Waals surface area contributed by atoms with E-state index in [1.807, 2.05) is 37.3 Å². The van der Waals surface area contributed by atoms with Gasteiger partial charge < -0.3 is 10.6 Å². The second-order valence-electron chi connectivity index (χ2n) is 5.25. The monoisotopic (exact) mass is 316 g/mol. The zero-order chi connectivity index (χ0) is 16.8. The zero-order valence-electron chi connectivity index (χ0n) is 13.2. The highest BCUT2D eigenvalue weighted by Gasteiger charge is 2.04. The van der Waals surface area contributed by atoms with E-state index in [1.165, 1.54) is 0 Å². The summed E-state index contributed by atoms with van der Waals surface area (Å²) in [4.78, 5) is 12.9. The molecule has 118 valence electrons. The molecule has 6 nitrogen and oxygen atoms in total. The van der Waals surface area contributed by atoms with Crippen LogP contribution < -0.4 is 10.6 Å². The summed E-state index contributed by atoms with van der Waals surface area (Å²) in [5.74, 6) is 1.21. The van der Waals surface area contributed by atoms with Crippen molar-refractivity contribution in [1.29, 1.82) is 5.26 Å². The first kappa shape index (κ1) is 15.4. The molecule has 2 N–H and O–H groups in total. The van der Waals surface area contributed by atoms with Crippen LogP contribution in [0.4, 0.5) is 17.5 Å². The molecule has 0 bridgehead atoms. The molecule has 24 heavy (non-hydrogen) atoms. The van der Waals surface area contributed by atoms with Crippen molar-refractivity contribution in [3.63, 3.8) is 0 Å². The molecule has 3 rings (SSSR count). The summed E-state index contributed by atoms with van der Waals surface area (Å²) in [6.45, 7) is 2.51. The zero-order valence-corrected chi connectivity index (χ0v) is 13.2. The fourth-order valence-electron chi connectivity index (χ4n) is 2.21. The van der Waals surface area contributed by atoms with Crippen molar-refractivity contribution in [3.05, 3.63) is 71.7 Å². The number of anilines is 3. The first-order valence-corrected chi connectivity index (χ1v) is 7.48. The lowest BCUT2D eigenvalue weighted by Gasteiger charge is -2.10. The molecule has 2 heterocycles. The third-order valence-electron chi connectivity index (χ3n) is 3.29. The Morgan fingerprint density at radius 3 is 2.83 bits per heavy atom. The van der Waals surface area contributed by atoms with Crippen LogP contribution in [-0.2, 0) is 6.54 Å². The number of nitrogens with zero attached hydrogens (tertiary/aromatic N) is 4. The lowest BCUT2D eigenvalue weighted by molar-refractivity contribution is 1.02. The Hall–Kier alpha value is -3.46. The van der Waals surface area contributed by atoms with Crippen LogP contribution in [0.3, 0.4) is 0 Å². The highest BCUT2D eigenvalue weighted by molar-refractivity contribution is 5.59. The van der Waals surface area contributed by atoms with Gasteiger partial charge in [0.1, 0.15) is 5.82 Å². The topological polar surface area (TPSA) is 86.5 Å². The number of benzene rings is 1. The Bertz CT molecular complexity index is 870. The predicted molar refractivity (Wildman–Crippen MR) is 92.8 cm³/mol. The van der Waals surface area contributed by atoms with Crippen molar-refractivity contribution >= 4 is 17.5 Å². The fourth-order valence-corrected chi connectivity index (χ4v) is 2.21. The van der Waals surface area contributed by atoms with Crippen LogP contribution in [0.2, 0.25) is 0 Å². The van der Waals surface area contributed by atoms with Gasteiger partial charge in [-0.3, -0.25) is 4.98 Å². The summed E-state index contributed by atoms with van der Waals surface area (Å²) in [6, 6.07) is 15.1. The molecule has 6 heteroatoms. The number of hydrogen-bond donors (Lipinski definition) is 2. The lowest BCUT2D eigenvalue weighted by atomic mass is 10.2. The second-order valence-corrected chi connectivity index (χ2v) is 5.25. The highest BCUT2D eigenvalue weighted by Crippen LogP contribution is 2.18. The third kappa shape index (κ3) is 4.05. The Morgan fingerprint density at radius 1 is 1.12 bits per heavy atom. The minimum atomic E-state index is 0.540. The molecule has 1 aromatic carbocycles. The third-order valence-corrected chi connectivity index (χ3v) is 3.29. The quantitative estimate of drug-likeness (QED) is 0.750. The first-order chi connectivity index (χ1) is 11.7. The van der Waals surface area contributed by atoms with E-state index >= 15 is 0 Å². The highest BCUT2D eigenvalue weighted by atomic mass is 15.1. The van der Waals surface area contributed by atoms with E-state index in [9.17, 15) is 0 Å². The first-order valence-electron chi connectivity index (χ1n) is 7.48. The molecule has 0 aliphatic rings. The molecule has 0 fully saturated rings. The fraction of sp³-hybridized carbons (Fsp3) is 0.111. The Morgan fingerprint density at radius 2 is 2.04 bits per heavy atom. The van der Waals surface area contributed by atoms with Crippen LogP contribution in [0, 0.1) is 18.3 Å². The smallest absolute Gasteiger partial charge is 0.225 e. The molecule has 3 aromatic rings. The Balaban J connectivity index is 1.75. The van der Waals surface area contributed by atoms with E-state index < -0.39 is 0 Å². The summed E-state index contributed by atoms with van der Waals surface area (Å²) in [6.07, 6.45) is 3.54. The van der Waals surface area contributed by atoms with Gasteiger partial charge in [0.2, 0.25) is 5.95 Å². The van der Waals surface area contributed by atoms with Gasteiger partial charge in [-0.1, -0.05) is 12.1 Å². The minimum Gasteiger partial charge on any atom is -0.350 e. The van der Waals surface area contributed by atoms with Crippen LogP contribution in [-0.4, -0.2) is 15.0 Å². The van der Waals surface area contributed by atoms with E-state index in [0.29, 0.717) is 23.9 Å². The standard InChI is InChI=1S/C18H16N6/c1-13-8-17(23-16-6-2-4-14(9-16)10-19)24-18(22-13)21-12-15-5-3-7-20-11-15/h2-9,11H,12H2,1H3,(H2,21,22,23,24). The average molecular weight is 316 g/mol. The summed E-state index contributed by atoms with van der Waals surface area (Å²) >= 11 is 0. The molecule has 0 spiro atoms. The van der Waals surface area contributed by atoms with Gasteiger partial charge in [-0.05, 0) is 36.8 Å². The van der Waals surface area contributed by atoms with Gasteiger partial charge in [0.15, 0.2) is 0 Å². The van der Waals surface area contributed by atoms with Crippen LogP contribution in [0.15, 0.2) is 54.9 Å². The van der Waals surface area contributed by atoms with Crippen molar-refractivity contribution in [1.82, 2.24) is 15.0 Å². The van der Waals surface area contributed by atoms with Crippen molar-refractivity contribution in [2.45, 2.75) is 13.5 Å². The number of aromatic nitrogens is 3. The number of pyridine rings is 1. The van der Waals surface area contributed by atoms with Crippen LogP contribution in [0.25, 0.3) is 0 Å². The van der Waals surface area contributed by atoms with Crippen LogP contribution >= 0.6 is 0 Å². The van der Waals surface area contributed by atoms with E-state index in [0.717, 1.165) is 16.9 Å². The van der Waals surface area contributed by atoms with Gasteiger partial charge in [0, 0.05) is 36.4 Å². The largest absolute Gasteiger partial charge is 0.350 e. The van der Waals surface area contributed by atoms with Crippen LogP contribution in [0.1, 0.15) is 16.8 Å². The molecule has 0 atom stereocenters. The maximum atomic E-state index is 8.98. The van der Waals surface area contributed by atoms with Crippen LogP contribution in [0.5, 0.6) is 0 Å². The molecular weight excluding hydrogens is 300 g/mol. The van der Waals surface area contributed by atoms with Crippen molar-refractivity contribution in [2.24, 2.45) is 0 Å². The molecule has 0 saturated heterocycles. The summed E-state index contributed by atoms with van der Waals surface area (Å²) in [5.41, 5.74) is 3.31. The van der Waals surface area contributed by atoms with E-state index in [4.69, 9.17) is 5.26 Å². The molecule has 2 aromatic heterocycles. The number of nitrogens with one attached hydrogen (secondary N) is 2. The molecule has 0 saturated carbocycles. The van der Waals surface area contributed by atoms with E-state index in [1.54, 1.807) is 24.5 Å². The molecule has 0 aliphatic heterocycles. The number of rotatable bonds is 5. The van der Waals surface area contributed by atoms with Gasteiger partial charge in [-0.25, -0.2) is 4.98 Å². The van der Waals surface area contributed by atoms with Gasteiger partial charge in [0.25, 0.3) is 0 Å². The van der Waals surface area contributed by atoms with Gasteiger partial charge in [0.05, 0.1) is 11.6 Å². The SMILES string of the molecule is Cc1cc(Nc2cccc(C#N)c2)nc(NCc2cccnc2)n1. The number of aryl methyl sites for hydroxylation is 1. The van der Waals surface area contributed by atoms with Gasteiger partial charge >= 0.3 is 0 Å². The Labute approximate surface area is 140 Å². The lowest BCUT2D eigenvalue weighted by Crippen LogP contribution is -2.06. The second kappa shape index (κ2) is 7.20. The molecule has 0 aliphatic carbocycles. The van der Waals surface area contributed by atoms with E-state index in [-0.39, 0.29) is 0 Å². The summed E-state index contributed by atoms with van der Waals surface area (Å²) < 4.78 is 0. The summed E-state index contributed by atoms with van der Waals surface area (Å²) in [5, 5.41) is 15.4. The number of hydrogen-bond acceptors (Lipinski definition) is 6. The molecule has 0 radical (unpaired) electrons.